The van der Waals surface area contributed by atoms with Gasteiger partial charge in [-0.05, 0) is 68.0 Å². The first-order valence-electron chi connectivity index (χ1n) is 12.2. The third-order valence-electron chi connectivity index (χ3n) is 8.07. The van der Waals surface area contributed by atoms with Gasteiger partial charge in [-0.15, -0.1) is 0 Å². The molecule has 2 saturated heterocycles. The van der Waals surface area contributed by atoms with Crippen molar-refractivity contribution in [2.24, 2.45) is 23.7 Å². The summed E-state index contributed by atoms with van der Waals surface area (Å²) in [5.74, 6) is -0.415. The summed E-state index contributed by atoms with van der Waals surface area (Å²) in [5.41, 5.74) is 3.44. The number of amides is 3. The monoisotopic (exact) mass is 455 g/mol. The number of nitrogens with zero attached hydrogens (tertiary/aromatic N) is 3. The second-order valence-corrected chi connectivity index (χ2v) is 10.2. The summed E-state index contributed by atoms with van der Waals surface area (Å²) in [5, 5.41) is 0. The van der Waals surface area contributed by atoms with Crippen molar-refractivity contribution in [1.82, 2.24) is 4.90 Å². The predicted octanol–water partition coefficient (Wildman–Crippen LogP) is 3.66. The van der Waals surface area contributed by atoms with Crippen LogP contribution in [0.15, 0.2) is 60.7 Å². The molecule has 0 N–H and O–H groups in total. The third kappa shape index (κ3) is 3.19. The minimum absolute atomic E-state index is 0.0568. The molecule has 3 amide bonds. The maximum atomic E-state index is 13.4. The minimum atomic E-state index is -0.239. The molecule has 0 aromatic heterocycles. The highest BCUT2D eigenvalue weighted by Gasteiger charge is 2.59. The van der Waals surface area contributed by atoms with Crippen molar-refractivity contribution in [3.8, 4) is 0 Å². The summed E-state index contributed by atoms with van der Waals surface area (Å²) in [7, 11) is 0. The minimum Gasteiger partial charge on any atom is -0.365 e. The van der Waals surface area contributed by atoms with E-state index >= 15 is 0 Å². The number of imide groups is 1. The number of fused-ring (bicyclic) bond motifs is 5. The molecule has 6 nitrogen and oxygen atoms in total. The Morgan fingerprint density at radius 3 is 2.24 bits per heavy atom. The second-order valence-electron chi connectivity index (χ2n) is 10.2. The Hall–Kier alpha value is -3.41. The molecule has 0 unspecified atom stereocenters. The Kier molecular flexibility index (Phi) is 4.87. The van der Waals surface area contributed by atoms with E-state index in [0.717, 1.165) is 13.0 Å². The molecule has 2 aliphatic heterocycles. The third-order valence-corrected chi connectivity index (χ3v) is 8.07. The SMILES string of the molecule is Cc1cccc(N2CCN(C(=O)c3cccc(N4C(=O)[C@H]5[C@H](C4=O)[C@H]4C=C[C@H]5C4)c3)C[C@@H]2C)c1. The Balaban J connectivity index is 1.19. The molecule has 6 heteroatoms. The van der Waals surface area contributed by atoms with Crippen LogP contribution in [0, 0.1) is 30.6 Å². The van der Waals surface area contributed by atoms with E-state index in [2.05, 4.69) is 55.2 Å². The first-order chi connectivity index (χ1) is 16.4. The predicted molar refractivity (Wildman–Crippen MR) is 131 cm³/mol. The van der Waals surface area contributed by atoms with Crippen LogP contribution >= 0.6 is 0 Å². The average Bonchev–Trinajstić information content (AvgIpc) is 3.52. The van der Waals surface area contributed by atoms with Gasteiger partial charge in [0, 0.05) is 36.9 Å². The van der Waals surface area contributed by atoms with Crippen LogP contribution in [-0.4, -0.2) is 48.3 Å². The number of carbonyl (C=O) groups excluding carboxylic acids is 3. The van der Waals surface area contributed by atoms with Crippen molar-refractivity contribution in [1.29, 1.82) is 0 Å². The normalized spacial score (nSPS) is 29.8. The molecule has 3 fully saturated rings. The summed E-state index contributed by atoms with van der Waals surface area (Å²) < 4.78 is 0. The van der Waals surface area contributed by atoms with Gasteiger partial charge in [-0.2, -0.15) is 0 Å². The van der Waals surface area contributed by atoms with Crippen LogP contribution in [-0.2, 0) is 9.59 Å². The molecule has 2 aromatic carbocycles. The number of hydrogen-bond acceptors (Lipinski definition) is 4. The Morgan fingerprint density at radius 2 is 1.56 bits per heavy atom. The van der Waals surface area contributed by atoms with Crippen LogP contribution in [0.25, 0.3) is 0 Å². The molecule has 2 aliphatic carbocycles. The zero-order valence-corrected chi connectivity index (χ0v) is 19.6. The molecular formula is C28H29N3O3. The molecule has 2 heterocycles. The smallest absolute Gasteiger partial charge is 0.254 e. The van der Waals surface area contributed by atoms with Crippen molar-refractivity contribution >= 4 is 29.1 Å². The maximum Gasteiger partial charge on any atom is 0.254 e. The van der Waals surface area contributed by atoms with Gasteiger partial charge >= 0.3 is 0 Å². The number of carbonyl (C=O) groups is 3. The molecule has 6 rings (SSSR count). The van der Waals surface area contributed by atoms with Crippen LogP contribution in [0.1, 0.15) is 29.3 Å². The highest BCUT2D eigenvalue weighted by atomic mass is 16.2. The first-order valence-corrected chi connectivity index (χ1v) is 12.2. The van der Waals surface area contributed by atoms with Gasteiger partial charge in [-0.25, -0.2) is 4.90 Å². The quantitative estimate of drug-likeness (QED) is 0.524. The number of hydrogen-bond donors (Lipinski definition) is 0. The van der Waals surface area contributed by atoms with E-state index in [1.165, 1.54) is 16.2 Å². The molecule has 4 aliphatic rings. The molecule has 34 heavy (non-hydrogen) atoms. The zero-order chi connectivity index (χ0) is 23.6. The van der Waals surface area contributed by atoms with Gasteiger partial charge in [0.15, 0.2) is 0 Å². The van der Waals surface area contributed by atoms with Gasteiger partial charge in [0.25, 0.3) is 5.91 Å². The Labute approximate surface area is 199 Å². The number of allylic oxidation sites excluding steroid dienone is 2. The zero-order valence-electron chi connectivity index (χ0n) is 19.6. The average molecular weight is 456 g/mol. The molecule has 174 valence electrons. The highest BCUT2D eigenvalue weighted by molar-refractivity contribution is 6.23. The van der Waals surface area contributed by atoms with Crippen LogP contribution < -0.4 is 9.80 Å². The van der Waals surface area contributed by atoms with Crippen LogP contribution in [0.5, 0.6) is 0 Å². The summed E-state index contributed by atoms with van der Waals surface area (Å²) in [6.45, 7) is 6.24. The van der Waals surface area contributed by atoms with Crippen LogP contribution in [0.4, 0.5) is 11.4 Å². The molecular weight excluding hydrogens is 426 g/mol. The summed E-state index contributed by atoms with van der Waals surface area (Å²) in [6.07, 6.45) is 5.10. The molecule has 2 aromatic rings. The number of rotatable bonds is 3. The van der Waals surface area contributed by atoms with Gasteiger partial charge < -0.3 is 9.80 Å². The number of benzene rings is 2. The van der Waals surface area contributed by atoms with Gasteiger partial charge in [0.2, 0.25) is 11.8 Å². The lowest BCUT2D eigenvalue weighted by molar-refractivity contribution is -0.123. The topological polar surface area (TPSA) is 60.9 Å². The van der Waals surface area contributed by atoms with Crippen LogP contribution in [0.2, 0.25) is 0 Å². The van der Waals surface area contributed by atoms with Crippen LogP contribution in [0.3, 0.4) is 0 Å². The lowest BCUT2D eigenvalue weighted by atomic mass is 9.85. The van der Waals surface area contributed by atoms with E-state index < -0.39 is 0 Å². The fourth-order valence-corrected chi connectivity index (χ4v) is 6.45. The fraction of sp³-hybridized carbons (Fsp3) is 0.393. The van der Waals surface area contributed by atoms with E-state index in [1.807, 2.05) is 4.90 Å². The van der Waals surface area contributed by atoms with E-state index in [-0.39, 0.29) is 47.4 Å². The molecule has 5 atom stereocenters. The van der Waals surface area contributed by atoms with Gasteiger partial charge in [0.1, 0.15) is 0 Å². The lowest BCUT2D eigenvalue weighted by Gasteiger charge is -2.41. The highest BCUT2D eigenvalue weighted by Crippen LogP contribution is 2.53. The van der Waals surface area contributed by atoms with Crippen molar-refractivity contribution in [2.45, 2.75) is 26.3 Å². The first kappa shape index (κ1) is 21.1. The summed E-state index contributed by atoms with van der Waals surface area (Å²) >= 11 is 0. The van der Waals surface area contributed by atoms with E-state index in [1.54, 1.807) is 24.3 Å². The van der Waals surface area contributed by atoms with Crippen molar-refractivity contribution in [3.05, 3.63) is 71.8 Å². The maximum absolute atomic E-state index is 13.4. The number of piperazine rings is 1. The lowest BCUT2D eigenvalue weighted by Crippen LogP contribution is -2.53. The Morgan fingerprint density at radius 1 is 0.882 bits per heavy atom. The fourth-order valence-electron chi connectivity index (χ4n) is 6.45. The van der Waals surface area contributed by atoms with Gasteiger partial charge in [-0.1, -0.05) is 30.4 Å². The summed E-state index contributed by atoms with van der Waals surface area (Å²) in [6, 6.07) is 15.7. The second kappa shape index (κ2) is 7.83. The molecule has 1 saturated carbocycles. The van der Waals surface area contributed by atoms with E-state index in [9.17, 15) is 14.4 Å². The standard InChI is InChI=1S/C28H29N3O3/c1-17-5-3-7-22(13-17)30-12-11-29(16-18(30)2)26(32)21-6-4-8-23(15-21)31-27(33)24-19-9-10-20(14-19)25(24)28(31)34/h3-10,13,15,18-20,24-25H,11-12,14,16H2,1-2H3/t18-,19-,20-,24+,25+/m0/s1. The largest absolute Gasteiger partial charge is 0.365 e. The van der Waals surface area contributed by atoms with E-state index in [0.29, 0.717) is 24.3 Å². The number of aryl methyl sites for hydroxylation is 1. The van der Waals surface area contributed by atoms with E-state index in [4.69, 9.17) is 0 Å². The van der Waals surface area contributed by atoms with Crippen molar-refractivity contribution in [3.63, 3.8) is 0 Å². The molecule has 0 spiro atoms. The van der Waals surface area contributed by atoms with Gasteiger partial charge in [0.05, 0.1) is 17.5 Å². The van der Waals surface area contributed by atoms with Crippen molar-refractivity contribution < 1.29 is 14.4 Å². The van der Waals surface area contributed by atoms with Crippen molar-refractivity contribution in [2.75, 3.05) is 29.4 Å². The molecule has 2 bridgehead atoms. The number of anilines is 2. The van der Waals surface area contributed by atoms with Gasteiger partial charge in [-0.3, -0.25) is 14.4 Å². The molecule has 0 radical (unpaired) electrons. The summed E-state index contributed by atoms with van der Waals surface area (Å²) in [4.78, 5) is 45.3. The Bertz CT molecular complexity index is 1190.